The second-order valence-corrected chi connectivity index (χ2v) is 4.35. The van der Waals surface area contributed by atoms with Crippen molar-refractivity contribution in [2.75, 3.05) is 13.6 Å². The van der Waals surface area contributed by atoms with Gasteiger partial charge in [0.1, 0.15) is 0 Å². The summed E-state index contributed by atoms with van der Waals surface area (Å²) in [7, 11) is 1.94. The smallest absolute Gasteiger partial charge is 0.307 e. The lowest BCUT2D eigenvalue weighted by Gasteiger charge is -2.18. The van der Waals surface area contributed by atoms with Crippen molar-refractivity contribution in [2.45, 2.75) is 13.5 Å². The zero-order valence-corrected chi connectivity index (χ0v) is 9.25. The molecule has 1 unspecified atom stereocenters. The van der Waals surface area contributed by atoms with Gasteiger partial charge in [-0.1, -0.05) is 6.92 Å². The fourth-order valence-corrected chi connectivity index (χ4v) is 1.96. The van der Waals surface area contributed by atoms with Gasteiger partial charge in [0, 0.05) is 13.1 Å². The van der Waals surface area contributed by atoms with E-state index < -0.39 is 5.97 Å². The third kappa shape index (κ3) is 3.47. The molecule has 1 aromatic rings. The summed E-state index contributed by atoms with van der Waals surface area (Å²) in [5.74, 6) is -1.04. The van der Waals surface area contributed by atoms with Crippen molar-refractivity contribution in [3.05, 3.63) is 22.4 Å². The van der Waals surface area contributed by atoms with Crippen LogP contribution >= 0.6 is 11.3 Å². The number of hydrogen-bond donors (Lipinski definition) is 1. The summed E-state index contributed by atoms with van der Waals surface area (Å²) in [5, 5.41) is 12.8. The van der Waals surface area contributed by atoms with Crippen LogP contribution in [0.4, 0.5) is 0 Å². The maximum absolute atomic E-state index is 10.6. The van der Waals surface area contributed by atoms with Crippen LogP contribution in [0.25, 0.3) is 0 Å². The Morgan fingerprint density at radius 1 is 1.71 bits per heavy atom. The SMILES string of the molecule is CC(CN(C)Cc1ccsc1)C(=O)O. The van der Waals surface area contributed by atoms with Crippen LogP contribution in [-0.2, 0) is 11.3 Å². The van der Waals surface area contributed by atoms with E-state index in [0.29, 0.717) is 6.54 Å². The minimum absolute atomic E-state index is 0.307. The molecule has 0 amide bonds. The molecule has 1 aromatic heterocycles. The van der Waals surface area contributed by atoms with E-state index in [4.69, 9.17) is 5.11 Å². The summed E-state index contributed by atoms with van der Waals surface area (Å²) in [6.07, 6.45) is 0. The Morgan fingerprint density at radius 3 is 2.93 bits per heavy atom. The fraction of sp³-hybridized carbons (Fsp3) is 0.500. The highest BCUT2D eigenvalue weighted by Crippen LogP contribution is 2.09. The van der Waals surface area contributed by atoms with Crippen LogP contribution in [0.15, 0.2) is 16.8 Å². The van der Waals surface area contributed by atoms with E-state index in [1.807, 2.05) is 17.3 Å². The molecule has 0 aliphatic rings. The van der Waals surface area contributed by atoms with Crippen LogP contribution in [0.5, 0.6) is 0 Å². The highest BCUT2D eigenvalue weighted by Gasteiger charge is 2.13. The molecule has 0 bridgehead atoms. The largest absolute Gasteiger partial charge is 0.481 e. The predicted molar refractivity (Wildman–Crippen MR) is 57.5 cm³/mol. The van der Waals surface area contributed by atoms with Crippen molar-refractivity contribution >= 4 is 17.3 Å². The van der Waals surface area contributed by atoms with E-state index in [2.05, 4.69) is 11.4 Å². The average Bonchev–Trinajstić information content (AvgIpc) is 2.56. The number of aliphatic carboxylic acids is 1. The van der Waals surface area contributed by atoms with E-state index in [-0.39, 0.29) is 5.92 Å². The molecular formula is C10H15NO2S. The van der Waals surface area contributed by atoms with Crippen LogP contribution < -0.4 is 0 Å². The Labute approximate surface area is 88.0 Å². The first-order valence-electron chi connectivity index (χ1n) is 4.52. The van der Waals surface area contributed by atoms with Crippen LogP contribution in [0.2, 0.25) is 0 Å². The molecule has 1 N–H and O–H groups in total. The Morgan fingerprint density at radius 2 is 2.43 bits per heavy atom. The van der Waals surface area contributed by atoms with Gasteiger partial charge in [0.2, 0.25) is 0 Å². The summed E-state index contributed by atoms with van der Waals surface area (Å²) >= 11 is 1.66. The molecule has 0 saturated carbocycles. The van der Waals surface area contributed by atoms with Crippen LogP contribution in [0.1, 0.15) is 12.5 Å². The van der Waals surface area contributed by atoms with Crippen LogP contribution in [0.3, 0.4) is 0 Å². The van der Waals surface area contributed by atoms with Gasteiger partial charge in [-0.25, -0.2) is 0 Å². The summed E-state index contributed by atoms with van der Waals surface area (Å²) in [6, 6.07) is 2.06. The predicted octanol–water partition coefficient (Wildman–Crippen LogP) is 1.90. The normalized spacial score (nSPS) is 13.1. The van der Waals surface area contributed by atoms with Gasteiger partial charge >= 0.3 is 5.97 Å². The number of thiophene rings is 1. The molecule has 0 saturated heterocycles. The minimum Gasteiger partial charge on any atom is -0.481 e. The van der Waals surface area contributed by atoms with Gasteiger partial charge in [-0.05, 0) is 29.4 Å². The third-order valence-electron chi connectivity index (χ3n) is 2.04. The zero-order valence-electron chi connectivity index (χ0n) is 8.43. The number of carboxylic acid groups (broad SMARTS) is 1. The number of carbonyl (C=O) groups is 1. The molecule has 0 aliphatic heterocycles. The lowest BCUT2D eigenvalue weighted by atomic mass is 10.1. The van der Waals surface area contributed by atoms with Crippen molar-refractivity contribution in [1.29, 1.82) is 0 Å². The van der Waals surface area contributed by atoms with E-state index in [1.54, 1.807) is 18.3 Å². The molecule has 4 heteroatoms. The standard InChI is InChI=1S/C10H15NO2S/c1-8(10(12)13)5-11(2)6-9-3-4-14-7-9/h3-4,7-8H,5-6H2,1-2H3,(H,12,13). The van der Waals surface area contributed by atoms with Gasteiger partial charge in [0.05, 0.1) is 5.92 Å². The Balaban J connectivity index is 2.36. The number of nitrogens with zero attached hydrogens (tertiary/aromatic N) is 1. The number of rotatable bonds is 5. The van der Waals surface area contributed by atoms with Crippen LogP contribution in [0, 0.1) is 5.92 Å². The Hall–Kier alpha value is -0.870. The summed E-state index contributed by atoms with van der Waals surface area (Å²) in [6.45, 7) is 3.14. The van der Waals surface area contributed by atoms with Gasteiger partial charge in [-0.2, -0.15) is 11.3 Å². The summed E-state index contributed by atoms with van der Waals surface area (Å²) in [4.78, 5) is 12.6. The molecule has 3 nitrogen and oxygen atoms in total. The van der Waals surface area contributed by atoms with Gasteiger partial charge in [0.15, 0.2) is 0 Å². The molecule has 0 spiro atoms. The number of hydrogen-bond acceptors (Lipinski definition) is 3. The van der Waals surface area contributed by atoms with Crippen molar-refractivity contribution in [2.24, 2.45) is 5.92 Å². The maximum Gasteiger partial charge on any atom is 0.307 e. The first kappa shape index (κ1) is 11.2. The maximum atomic E-state index is 10.6. The molecule has 1 rings (SSSR count). The first-order chi connectivity index (χ1) is 6.59. The quantitative estimate of drug-likeness (QED) is 0.812. The molecule has 1 atom stereocenters. The molecule has 78 valence electrons. The van der Waals surface area contributed by atoms with Gasteiger partial charge < -0.3 is 10.0 Å². The van der Waals surface area contributed by atoms with Gasteiger partial charge in [-0.3, -0.25) is 4.79 Å². The summed E-state index contributed by atoms with van der Waals surface area (Å²) in [5.41, 5.74) is 1.25. The minimum atomic E-state index is -0.734. The Kier molecular flexibility index (Phi) is 4.10. The second-order valence-electron chi connectivity index (χ2n) is 3.57. The molecular weight excluding hydrogens is 198 g/mol. The van der Waals surface area contributed by atoms with Crippen molar-refractivity contribution in [1.82, 2.24) is 4.90 Å². The fourth-order valence-electron chi connectivity index (χ4n) is 1.30. The molecule has 0 aliphatic carbocycles. The third-order valence-corrected chi connectivity index (χ3v) is 2.77. The topological polar surface area (TPSA) is 40.5 Å². The molecule has 0 radical (unpaired) electrons. The Bertz CT molecular complexity index is 284. The monoisotopic (exact) mass is 213 g/mol. The molecule has 0 aromatic carbocycles. The number of carboxylic acids is 1. The van der Waals surface area contributed by atoms with E-state index in [1.165, 1.54) is 5.56 Å². The average molecular weight is 213 g/mol. The summed E-state index contributed by atoms with van der Waals surface area (Å²) < 4.78 is 0. The van der Waals surface area contributed by atoms with Gasteiger partial charge in [-0.15, -0.1) is 0 Å². The van der Waals surface area contributed by atoms with Gasteiger partial charge in [0.25, 0.3) is 0 Å². The van der Waals surface area contributed by atoms with Crippen LogP contribution in [-0.4, -0.2) is 29.6 Å². The van der Waals surface area contributed by atoms with E-state index in [0.717, 1.165) is 6.54 Å². The molecule has 1 heterocycles. The van der Waals surface area contributed by atoms with Crippen molar-refractivity contribution < 1.29 is 9.90 Å². The lowest BCUT2D eigenvalue weighted by molar-refractivity contribution is -0.141. The zero-order chi connectivity index (χ0) is 10.6. The molecule has 0 fully saturated rings. The van der Waals surface area contributed by atoms with E-state index >= 15 is 0 Å². The lowest BCUT2D eigenvalue weighted by Crippen LogP contribution is -2.28. The molecule has 14 heavy (non-hydrogen) atoms. The first-order valence-corrected chi connectivity index (χ1v) is 5.46. The van der Waals surface area contributed by atoms with Crippen molar-refractivity contribution in [3.8, 4) is 0 Å². The highest BCUT2D eigenvalue weighted by molar-refractivity contribution is 7.07. The van der Waals surface area contributed by atoms with E-state index in [9.17, 15) is 4.79 Å². The second kappa shape index (κ2) is 5.12. The van der Waals surface area contributed by atoms with Crippen molar-refractivity contribution in [3.63, 3.8) is 0 Å². The highest BCUT2D eigenvalue weighted by atomic mass is 32.1.